The summed E-state index contributed by atoms with van der Waals surface area (Å²) in [6.07, 6.45) is -5.28. The second-order valence-corrected chi connectivity index (χ2v) is 4.60. The van der Waals surface area contributed by atoms with Crippen molar-refractivity contribution in [2.75, 3.05) is 0 Å². The number of carbonyl (C=O) groups is 1. The van der Waals surface area contributed by atoms with E-state index in [1.165, 1.54) is 6.07 Å². The van der Waals surface area contributed by atoms with E-state index in [9.17, 15) is 27.9 Å². The van der Waals surface area contributed by atoms with Gasteiger partial charge in [0.1, 0.15) is 11.3 Å². The summed E-state index contributed by atoms with van der Waals surface area (Å²) in [5.74, 6) is -3.46. The van der Waals surface area contributed by atoms with Crippen LogP contribution < -0.4 is 5.63 Å². The third-order valence-corrected chi connectivity index (χ3v) is 3.25. The van der Waals surface area contributed by atoms with Crippen LogP contribution in [0.4, 0.5) is 13.2 Å². The van der Waals surface area contributed by atoms with Crippen LogP contribution in [0.3, 0.4) is 0 Å². The first-order valence-electron chi connectivity index (χ1n) is 6.10. The number of fused-ring (bicyclic) bond motifs is 3. The molecule has 0 saturated carbocycles. The first-order valence-corrected chi connectivity index (χ1v) is 6.10. The molecule has 7 heteroatoms. The van der Waals surface area contributed by atoms with Gasteiger partial charge in [-0.25, -0.2) is 4.79 Å². The van der Waals surface area contributed by atoms with Gasteiger partial charge in [0.2, 0.25) is 0 Å². The van der Waals surface area contributed by atoms with Gasteiger partial charge in [-0.3, -0.25) is 4.79 Å². The molecular formula is C15H7F3O4. The summed E-state index contributed by atoms with van der Waals surface area (Å²) >= 11 is 0. The first kappa shape index (κ1) is 14.1. The van der Waals surface area contributed by atoms with Crippen LogP contribution in [0.1, 0.15) is 10.4 Å². The summed E-state index contributed by atoms with van der Waals surface area (Å²) in [6.45, 7) is 0. The summed E-state index contributed by atoms with van der Waals surface area (Å²) < 4.78 is 42.4. The average Bonchev–Trinajstić information content (AvgIpc) is 2.46. The van der Waals surface area contributed by atoms with Crippen LogP contribution in [-0.2, 0) is 0 Å². The zero-order valence-electron chi connectivity index (χ0n) is 10.8. The quantitative estimate of drug-likeness (QED) is 0.425. The van der Waals surface area contributed by atoms with Gasteiger partial charge >= 0.3 is 11.8 Å². The molecule has 1 heterocycles. The van der Waals surface area contributed by atoms with E-state index in [0.29, 0.717) is 10.8 Å². The topological polar surface area (TPSA) is 67.5 Å². The molecule has 22 heavy (non-hydrogen) atoms. The molecule has 3 aromatic rings. The van der Waals surface area contributed by atoms with Gasteiger partial charge in [0, 0.05) is 5.39 Å². The number of hydrogen-bond donors (Lipinski definition) is 1. The minimum absolute atomic E-state index is 0.0701. The van der Waals surface area contributed by atoms with Crippen LogP contribution in [0.25, 0.3) is 21.7 Å². The van der Waals surface area contributed by atoms with E-state index in [4.69, 9.17) is 4.42 Å². The van der Waals surface area contributed by atoms with Crippen molar-refractivity contribution < 1.29 is 27.5 Å². The summed E-state index contributed by atoms with van der Waals surface area (Å²) in [5.41, 5.74) is -3.00. The Bertz CT molecular complexity index is 970. The van der Waals surface area contributed by atoms with E-state index in [-0.39, 0.29) is 11.0 Å². The van der Waals surface area contributed by atoms with Crippen LogP contribution >= 0.6 is 0 Å². The maximum Gasteiger partial charge on any atom is 0.455 e. The number of benzene rings is 2. The maximum absolute atomic E-state index is 12.5. The summed E-state index contributed by atoms with van der Waals surface area (Å²) in [4.78, 5) is 23.0. The Morgan fingerprint density at radius 1 is 1.05 bits per heavy atom. The minimum atomic E-state index is -5.28. The number of hydrogen-bond acceptors (Lipinski definition) is 4. The van der Waals surface area contributed by atoms with Crippen molar-refractivity contribution in [1.29, 1.82) is 0 Å². The lowest BCUT2D eigenvalue weighted by atomic mass is 10.0. The Morgan fingerprint density at radius 3 is 2.41 bits per heavy atom. The molecule has 0 spiro atoms. The molecule has 1 aromatic heterocycles. The molecule has 0 aliphatic heterocycles. The van der Waals surface area contributed by atoms with Gasteiger partial charge in [-0.1, -0.05) is 30.3 Å². The minimum Gasteiger partial charge on any atom is -0.506 e. The standard InChI is InChI=1S/C15H7F3O4/c16-15(17,18)13(20)10-11(19)9-6-5-7-3-1-2-4-8(7)12(9)22-14(10)21/h1-6,19H. The van der Waals surface area contributed by atoms with E-state index >= 15 is 0 Å². The summed E-state index contributed by atoms with van der Waals surface area (Å²) in [6, 6.07) is 9.51. The summed E-state index contributed by atoms with van der Waals surface area (Å²) in [5, 5.41) is 10.9. The van der Waals surface area contributed by atoms with Gasteiger partial charge in [-0.05, 0) is 11.5 Å². The van der Waals surface area contributed by atoms with Gasteiger partial charge in [0.05, 0.1) is 5.39 Å². The zero-order chi connectivity index (χ0) is 16.1. The normalized spacial score (nSPS) is 12.0. The number of halogens is 3. The Hall–Kier alpha value is -2.83. The van der Waals surface area contributed by atoms with E-state index < -0.39 is 28.9 Å². The highest BCUT2D eigenvalue weighted by Gasteiger charge is 2.43. The van der Waals surface area contributed by atoms with Crippen molar-refractivity contribution in [3.8, 4) is 5.75 Å². The second-order valence-electron chi connectivity index (χ2n) is 4.60. The molecule has 1 N–H and O–H groups in total. The van der Waals surface area contributed by atoms with Crippen molar-refractivity contribution in [3.05, 3.63) is 52.4 Å². The number of ketones is 1. The molecule has 0 atom stereocenters. The fraction of sp³-hybridized carbons (Fsp3) is 0.0667. The molecule has 3 rings (SSSR count). The number of alkyl halides is 3. The Labute approximate surface area is 120 Å². The number of Topliss-reactive ketones (excluding diaryl/α,β-unsaturated/α-hetero) is 1. The van der Waals surface area contributed by atoms with E-state index in [1.54, 1.807) is 30.3 Å². The van der Waals surface area contributed by atoms with Gasteiger partial charge in [0.15, 0.2) is 5.56 Å². The van der Waals surface area contributed by atoms with E-state index in [0.717, 1.165) is 0 Å². The monoisotopic (exact) mass is 308 g/mol. The fourth-order valence-electron chi connectivity index (χ4n) is 2.26. The van der Waals surface area contributed by atoms with Crippen LogP contribution in [-0.4, -0.2) is 17.1 Å². The highest BCUT2D eigenvalue weighted by Crippen LogP contribution is 2.34. The lowest BCUT2D eigenvalue weighted by Gasteiger charge is -2.09. The zero-order valence-corrected chi connectivity index (χ0v) is 10.8. The largest absolute Gasteiger partial charge is 0.506 e. The number of carbonyl (C=O) groups excluding carboxylic acids is 1. The van der Waals surface area contributed by atoms with Crippen molar-refractivity contribution in [1.82, 2.24) is 0 Å². The molecular weight excluding hydrogens is 301 g/mol. The lowest BCUT2D eigenvalue weighted by Crippen LogP contribution is -2.28. The molecule has 0 aliphatic carbocycles. The SMILES string of the molecule is O=C(c1c(O)c2ccc3ccccc3c2oc1=O)C(F)(F)F. The van der Waals surface area contributed by atoms with Crippen LogP contribution in [0.15, 0.2) is 45.6 Å². The lowest BCUT2D eigenvalue weighted by molar-refractivity contribution is -0.0888. The second kappa shape index (κ2) is 4.59. The predicted molar refractivity (Wildman–Crippen MR) is 72.0 cm³/mol. The third kappa shape index (κ3) is 2.02. The van der Waals surface area contributed by atoms with E-state index in [1.807, 2.05) is 0 Å². The predicted octanol–water partition coefficient (Wildman–Crippen LogP) is 3.40. The molecule has 112 valence electrons. The molecule has 0 unspecified atom stereocenters. The Morgan fingerprint density at radius 2 is 1.73 bits per heavy atom. The molecule has 0 amide bonds. The van der Waals surface area contributed by atoms with Crippen molar-refractivity contribution in [2.45, 2.75) is 6.18 Å². The number of aromatic hydroxyl groups is 1. The van der Waals surface area contributed by atoms with Crippen LogP contribution in [0.5, 0.6) is 5.75 Å². The third-order valence-electron chi connectivity index (χ3n) is 3.25. The van der Waals surface area contributed by atoms with Crippen LogP contribution in [0, 0.1) is 0 Å². The van der Waals surface area contributed by atoms with Crippen LogP contribution in [0.2, 0.25) is 0 Å². The van der Waals surface area contributed by atoms with E-state index in [2.05, 4.69) is 0 Å². The smallest absolute Gasteiger partial charge is 0.455 e. The van der Waals surface area contributed by atoms with Crippen molar-refractivity contribution in [3.63, 3.8) is 0 Å². The van der Waals surface area contributed by atoms with Gasteiger partial charge in [-0.2, -0.15) is 13.2 Å². The highest BCUT2D eigenvalue weighted by atomic mass is 19.4. The summed E-state index contributed by atoms with van der Waals surface area (Å²) in [7, 11) is 0. The Balaban J connectivity index is 2.43. The van der Waals surface area contributed by atoms with Gasteiger partial charge < -0.3 is 9.52 Å². The van der Waals surface area contributed by atoms with Gasteiger partial charge in [0.25, 0.3) is 5.78 Å². The molecule has 0 fully saturated rings. The highest BCUT2D eigenvalue weighted by molar-refractivity contribution is 6.10. The molecule has 0 aliphatic rings. The molecule has 2 aromatic carbocycles. The van der Waals surface area contributed by atoms with Gasteiger partial charge in [-0.15, -0.1) is 0 Å². The number of rotatable bonds is 1. The molecule has 0 radical (unpaired) electrons. The first-order chi connectivity index (χ1) is 10.3. The average molecular weight is 308 g/mol. The molecule has 0 saturated heterocycles. The fourth-order valence-corrected chi connectivity index (χ4v) is 2.26. The molecule has 0 bridgehead atoms. The van der Waals surface area contributed by atoms with Crippen molar-refractivity contribution >= 4 is 27.5 Å². The Kier molecular flexibility index (Phi) is 2.94. The maximum atomic E-state index is 12.5. The molecule has 4 nitrogen and oxygen atoms in total. The van der Waals surface area contributed by atoms with Crippen molar-refractivity contribution in [2.24, 2.45) is 0 Å².